The summed E-state index contributed by atoms with van der Waals surface area (Å²) in [5.74, 6) is 0. The topological polar surface area (TPSA) is 38.0 Å². The van der Waals surface area contributed by atoms with Crippen molar-refractivity contribution in [3.63, 3.8) is 0 Å². The minimum Gasteiger partial charge on any atom is -0.383 e. The molecule has 0 aliphatic heterocycles. The van der Waals surface area contributed by atoms with Crippen molar-refractivity contribution in [1.82, 2.24) is 9.78 Å². The average molecular weight is 301 g/mol. The molecule has 2 rings (SSSR count). The first-order valence-electron chi connectivity index (χ1n) is 5.15. The summed E-state index contributed by atoms with van der Waals surface area (Å²) in [5, 5.41) is 16.3. The molecule has 1 atom stereocenters. The van der Waals surface area contributed by atoms with E-state index in [1.165, 1.54) is 0 Å². The van der Waals surface area contributed by atoms with Gasteiger partial charge in [-0.1, -0.05) is 6.92 Å². The van der Waals surface area contributed by atoms with Crippen LogP contribution in [0.4, 0.5) is 0 Å². The molecule has 0 bridgehead atoms. The molecule has 0 spiro atoms. The van der Waals surface area contributed by atoms with Crippen LogP contribution in [-0.2, 0) is 6.54 Å². The van der Waals surface area contributed by atoms with Crippen LogP contribution in [0.2, 0.25) is 0 Å². The van der Waals surface area contributed by atoms with E-state index in [2.05, 4.69) is 28.0 Å². The van der Waals surface area contributed by atoms with Crippen LogP contribution >= 0.6 is 27.3 Å². The van der Waals surface area contributed by atoms with E-state index in [-0.39, 0.29) is 0 Å². The maximum atomic E-state index is 10.1. The van der Waals surface area contributed by atoms with E-state index in [4.69, 9.17) is 0 Å². The lowest BCUT2D eigenvalue weighted by atomic mass is 10.2. The van der Waals surface area contributed by atoms with Crippen LogP contribution in [0, 0.1) is 0 Å². The Morgan fingerprint density at radius 3 is 3.06 bits per heavy atom. The number of aryl methyl sites for hydroxylation is 1. The predicted molar refractivity (Wildman–Crippen MR) is 68.6 cm³/mol. The van der Waals surface area contributed by atoms with E-state index in [0.29, 0.717) is 0 Å². The Balaban J connectivity index is 2.17. The number of hydrogen-bond donors (Lipinski definition) is 1. The number of thiophene rings is 1. The SMILES string of the molecule is CCCn1cc(C(O)c2cc(Br)cs2)cn1. The number of nitrogens with zero attached hydrogens (tertiary/aromatic N) is 2. The van der Waals surface area contributed by atoms with E-state index in [1.54, 1.807) is 17.5 Å². The van der Waals surface area contributed by atoms with Crippen molar-refractivity contribution in [2.75, 3.05) is 0 Å². The third-order valence-corrected chi connectivity index (χ3v) is 4.02. The van der Waals surface area contributed by atoms with Gasteiger partial charge in [-0.3, -0.25) is 4.68 Å². The van der Waals surface area contributed by atoms with Crippen molar-refractivity contribution < 1.29 is 5.11 Å². The monoisotopic (exact) mass is 300 g/mol. The molecule has 0 saturated carbocycles. The van der Waals surface area contributed by atoms with Gasteiger partial charge >= 0.3 is 0 Å². The molecule has 16 heavy (non-hydrogen) atoms. The Morgan fingerprint density at radius 2 is 2.44 bits per heavy atom. The van der Waals surface area contributed by atoms with E-state index >= 15 is 0 Å². The number of aliphatic hydroxyl groups is 1. The predicted octanol–water partition coefficient (Wildman–Crippen LogP) is 3.20. The number of aromatic nitrogens is 2. The second-order valence-electron chi connectivity index (χ2n) is 3.61. The molecule has 2 heterocycles. The molecule has 3 nitrogen and oxygen atoms in total. The first kappa shape index (κ1) is 11.8. The van der Waals surface area contributed by atoms with Crippen LogP contribution in [0.15, 0.2) is 28.3 Å². The Kier molecular flexibility index (Phi) is 3.78. The molecule has 1 unspecified atom stereocenters. The Labute approximate surface area is 107 Å². The molecule has 0 fully saturated rings. The molecular weight excluding hydrogens is 288 g/mol. The highest BCUT2D eigenvalue weighted by Crippen LogP contribution is 2.29. The summed E-state index contributed by atoms with van der Waals surface area (Å²) in [7, 11) is 0. The van der Waals surface area contributed by atoms with Gasteiger partial charge in [0.15, 0.2) is 0 Å². The zero-order chi connectivity index (χ0) is 11.5. The van der Waals surface area contributed by atoms with E-state index in [9.17, 15) is 5.11 Å². The second-order valence-corrected chi connectivity index (χ2v) is 5.47. The summed E-state index contributed by atoms with van der Waals surface area (Å²) in [4.78, 5) is 0.933. The molecule has 2 aromatic rings. The number of aliphatic hydroxyl groups excluding tert-OH is 1. The highest BCUT2D eigenvalue weighted by molar-refractivity contribution is 9.10. The molecule has 0 aromatic carbocycles. The zero-order valence-corrected chi connectivity index (χ0v) is 11.3. The summed E-state index contributed by atoms with van der Waals surface area (Å²) in [6.45, 7) is 3.00. The Hall–Kier alpha value is -0.650. The van der Waals surface area contributed by atoms with Gasteiger partial charge in [-0.05, 0) is 28.4 Å². The summed E-state index contributed by atoms with van der Waals surface area (Å²) in [6, 6.07) is 1.94. The van der Waals surface area contributed by atoms with E-state index in [1.807, 2.05) is 22.3 Å². The minimum atomic E-state index is -0.568. The fraction of sp³-hybridized carbons (Fsp3) is 0.364. The normalized spacial score (nSPS) is 12.9. The lowest BCUT2D eigenvalue weighted by Gasteiger charge is -2.04. The van der Waals surface area contributed by atoms with Gasteiger partial charge in [0.25, 0.3) is 0 Å². The fourth-order valence-electron chi connectivity index (χ4n) is 1.51. The molecular formula is C11H13BrN2OS. The largest absolute Gasteiger partial charge is 0.383 e. The molecule has 86 valence electrons. The molecule has 1 N–H and O–H groups in total. The van der Waals surface area contributed by atoms with Crippen LogP contribution in [0.3, 0.4) is 0 Å². The van der Waals surface area contributed by atoms with E-state index in [0.717, 1.165) is 27.9 Å². The molecule has 0 saturated heterocycles. The highest BCUT2D eigenvalue weighted by atomic mass is 79.9. The van der Waals surface area contributed by atoms with Gasteiger partial charge in [-0.25, -0.2) is 0 Å². The van der Waals surface area contributed by atoms with Crippen molar-refractivity contribution in [1.29, 1.82) is 0 Å². The fourth-order valence-corrected chi connectivity index (χ4v) is 2.96. The number of halogens is 1. The van der Waals surface area contributed by atoms with Gasteiger partial charge in [0.2, 0.25) is 0 Å². The molecule has 0 radical (unpaired) electrons. The Bertz CT molecular complexity index is 466. The van der Waals surface area contributed by atoms with Gasteiger partial charge in [0.05, 0.1) is 6.20 Å². The Morgan fingerprint density at radius 1 is 1.62 bits per heavy atom. The summed E-state index contributed by atoms with van der Waals surface area (Å²) in [6.07, 6.45) is 4.11. The zero-order valence-electron chi connectivity index (χ0n) is 8.93. The first-order chi connectivity index (χ1) is 7.70. The third-order valence-electron chi connectivity index (χ3n) is 2.28. The summed E-state index contributed by atoms with van der Waals surface area (Å²) >= 11 is 4.92. The van der Waals surface area contributed by atoms with Crippen molar-refractivity contribution in [3.8, 4) is 0 Å². The van der Waals surface area contributed by atoms with Crippen molar-refractivity contribution in [2.24, 2.45) is 0 Å². The van der Waals surface area contributed by atoms with Crippen LogP contribution in [-0.4, -0.2) is 14.9 Å². The molecule has 0 aliphatic carbocycles. The minimum absolute atomic E-state index is 0.568. The lowest BCUT2D eigenvalue weighted by molar-refractivity contribution is 0.224. The number of hydrogen-bond acceptors (Lipinski definition) is 3. The lowest BCUT2D eigenvalue weighted by Crippen LogP contribution is -1.97. The number of rotatable bonds is 4. The highest BCUT2D eigenvalue weighted by Gasteiger charge is 2.14. The summed E-state index contributed by atoms with van der Waals surface area (Å²) < 4.78 is 2.87. The summed E-state index contributed by atoms with van der Waals surface area (Å²) in [5.41, 5.74) is 0.850. The molecule has 0 amide bonds. The smallest absolute Gasteiger partial charge is 0.116 e. The van der Waals surface area contributed by atoms with Gasteiger partial charge in [0.1, 0.15) is 6.10 Å². The van der Waals surface area contributed by atoms with Crippen molar-refractivity contribution >= 4 is 27.3 Å². The molecule has 5 heteroatoms. The van der Waals surface area contributed by atoms with Crippen molar-refractivity contribution in [2.45, 2.75) is 26.0 Å². The standard InChI is InChI=1S/C11H13BrN2OS/c1-2-3-14-6-8(5-13-14)11(15)10-4-9(12)7-16-10/h4-7,11,15H,2-3H2,1H3. The van der Waals surface area contributed by atoms with Crippen LogP contribution in [0.1, 0.15) is 29.9 Å². The van der Waals surface area contributed by atoms with E-state index < -0.39 is 6.10 Å². The van der Waals surface area contributed by atoms with Crippen LogP contribution < -0.4 is 0 Å². The maximum absolute atomic E-state index is 10.1. The second kappa shape index (κ2) is 5.12. The quantitative estimate of drug-likeness (QED) is 0.941. The average Bonchev–Trinajstić information content (AvgIpc) is 2.87. The molecule has 2 aromatic heterocycles. The van der Waals surface area contributed by atoms with Gasteiger partial charge in [-0.2, -0.15) is 5.10 Å². The van der Waals surface area contributed by atoms with Gasteiger partial charge in [0, 0.05) is 33.0 Å². The van der Waals surface area contributed by atoms with Crippen molar-refractivity contribution in [3.05, 3.63) is 38.8 Å². The third kappa shape index (κ3) is 2.53. The van der Waals surface area contributed by atoms with Crippen LogP contribution in [0.5, 0.6) is 0 Å². The molecule has 0 aliphatic rings. The first-order valence-corrected chi connectivity index (χ1v) is 6.82. The van der Waals surface area contributed by atoms with Gasteiger partial charge < -0.3 is 5.11 Å². The van der Waals surface area contributed by atoms with Crippen LogP contribution in [0.25, 0.3) is 0 Å². The van der Waals surface area contributed by atoms with Gasteiger partial charge in [-0.15, -0.1) is 11.3 Å². The maximum Gasteiger partial charge on any atom is 0.116 e.